The maximum atomic E-state index is 8.81. The average molecular weight is 301 g/mol. The van der Waals surface area contributed by atoms with E-state index in [1.54, 1.807) is 12.1 Å². The van der Waals surface area contributed by atoms with Gasteiger partial charge < -0.3 is 10.6 Å². The van der Waals surface area contributed by atoms with E-state index in [2.05, 4.69) is 38.8 Å². The van der Waals surface area contributed by atoms with Crippen LogP contribution < -0.4 is 10.6 Å². The summed E-state index contributed by atoms with van der Waals surface area (Å²) in [7, 11) is 0. The minimum absolute atomic E-state index is 0.628. The molecule has 5 nitrogen and oxygen atoms in total. The van der Waals surface area contributed by atoms with Crippen molar-refractivity contribution in [3.63, 3.8) is 0 Å². The van der Waals surface area contributed by atoms with Crippen molar-refractivity contribution in [2.45, 2.75) is 6.54 Å². The molecule has 112 valence electrons. The highest BCUT2D eigenvalue weighted by atomic mass is 15.1. The summed E-state index contributed by atoms with van der Waals surface area (Å²) in [6.45, 7) is 0.703. The van der Waals surface area contributed by atoms with Gasteiger partial charge in [0.25, 0.3) is 0 Å². The fourth-order valence-corrected chi connectivity index (χ4v) is 2.09. The van der Waals surface area contributed by atoms with Gasteiger partial charge in [-0.1, -0.05) is 30.3 Å². The molecule has 2 N–H and O–H groups in total. The lowest BCUT2D eigenvalue weighted by Crippen LogP contribution is -2.03. The van der Waals surface area contributed by atoms with Crippen molar-refractivity contribution in [2.24, 2.45) is 0 Å². The second-order valence-electron chi connectivity index (χ2n) is 4.94. The Morgan fingerprint density at radius 1 is 0.913 bits per heavy atom. The number of nitriles is 1. The van der Waals surface area contributed by atoms with Gasteiger partial charge in [-0.25, -0.2) is 9.97 Å². The van der Waals surface area contributed by atoms with Crippen molar-refractivity contribution in [2.75, 3.05) is 10.6 Å². The minimum atomic E-state index is 0.628. The van der Waals surface area contributed by atoms with Crippen LogP contribution in [0.2, 0.25) is 0 Å². The summed E-state index contributed by atoms with van der Waals surface area (Å²) in [5.74, 6) is 1.44. The molecule has 0 radical (unpaired) electrons. The molecule has 0 spiro atoms. The Hall–Kier alpha value is -3.39. The molecule has 0 amide bonds. The van der Waals surface area contributed by atoms with E-state index >= 15 is 0 Å². The van der Waals surface area contributed by atoms with Crippen LogP contribution in [0, 0.1) is 11.3 Å². The second-order valence-corrected chi connectivity index (χ2v) is 4.94. The van der Waals surface area contributed by atoms with Crippen LogP contribution in [0.3, 0.4) is 0 Å². The Morgan fingerprint density at radius 2 is 1.65 bits per heavy atom. The lowest BCUT2D eigenvalue weighted by molar-refractivity contribution is 1.08. The molecule has 0 aliphatic carbocycles. The smallest absolute Gasteiger partial charge is 0.135 e. The van der Waals surface area contributed by atoms with E-state index in [0.717, 1.165) is 11.5 Å². The number of hydrogen-bond acceptors (Lipinski definition) is 5. The van der Waals surface area contributed by atoms with Crippen LogP contribution in [-0.4, -0.2) is 9.97 Å². The van der Waals surface area contributed by atoms with Crippen molar-refractivity contribution in [3.05, 3.63) is 78.1 Å². The second kappa shape index (κ2) is 7.05. The molecule has 0 saturated heterocycles. The van der Waals surface area contributed by atoms with Gasteiger partial charge in [0.05, 0.1) is 11.6 Å². The van der Waals surface area contributed by atoms with Crippen molar-refractivity contribution in [3.8, 4) is 6.07 Å². The fourth-order valence-electron chi connectivity index (χ4n) is 2.09. The average Bonchev–Trinajstić information content (AvgIpc) is 2.62. The molecule has 0 atom stereocenters. The molecule has 3 rings (SSSR count). The minimum Gasteiger partial charge on any atom is -0.366 e. The van der Waals surface area contributed by atoms with Gasteiger partial charge >= 0.3 is 0 Å². The standard InChI is InChI=1S/C18H15N5/c19-11-14-6-8-16(9-7-14)23-18-10-17(21-13-22-18)20-12-15-4-2-1-3-5-15/h1-10,13H,12H2,(H2,20,21,22,23). The third-order valence-corrected chi connectivity index (χ3v) is 3.27. The predicted octanol–water partition coefficient (Wildman–Crippen LogP) is 3.70. The summed E-state index contributed by atoms with van der Waals surface area (Å²) in [5.41, 5.74) is 2.69. The van der Waals surface area contributed by atoms with Gasteiger partial charge in [0.2, 0.25) is 0 Å². The SMILES string of the molecule is N#Cc1ccc(Nc2cc(NCc3ccccc3)ncn2)cc1. The molecule has 0 bridgehead atoms. The van der Waals surface area contributed by atoms with E-state index in [1.807, 2.05) is 36.4 Å². The zero-order valence-electron chi connectivity index (χ0n) is 12.4. The van der Waals surface area contributed by atoms with Crippen LogP contribution in [0.1, 0.15) is 11.1 Å². The number of rotatable bonds is 5. The Bertz CT molecular complexity index is 807. The predicted molar refractivity (Wildman–Crippen MR) is 90.2 cm³/mol. The monoisotopic (exact) mass is 301 g/mol. The molecule has 3 aromatic rings. The molecule has 5 heteroatoms. The Kier molecular flexibility index (Phi) is 4.46. The number of hydrogen-bond donors (Lipinski definition) is 2. The molecule has 23 heavy (non-hydrogen) atoms. The largest absolute Gasteiger partial charge is 0.366 e. The van der Waals surface area contributed by atoms with Crippen LogP contribution in [0.4, 0.5) is 17.3 Å². The lowest BCUT2D eigenvalue weighted by atomic mass is 10.2. The van der Waals surface area contributed by atoms with Gasteiger partial charge in [0.15, 0.2) is 0 Å². The number of aromatic nitrogens is 2. The summed E-state index contributed by atoms with van der Waals surface area (Å²) in [6.07, 6.45) is 1.51. The summed E-state index contributed by atoms with van der Waals surface area (Å²) in [6, 6.07) is 21.3. The summed E-state index contributed by atoms with van der Waals surface area (Å²) < 4.78 is 0. The fraction of sp³-hybridized carbons (Fsp3) is 0.0556. The summed E-state index contributed by atoms with van der Waals surface area (Å²) >= 11 is 0. The van der Waals surface area contributed by atoms with Gasteiger partial charge in [-0.15, -0.1) is 0 Å². The highest BCUT2D eigenvalue weighted by molar-refractivity contribution is 5.59. The molecular weight excluding hydrogens is 286 g/mol. The maximum absolute atomic E-state index is 8.81. The van der Waals surface area contributed by atoms with Gasteiger partial charge in [-0.3, -0.25) is 0 Å². The zero-order valence-corrected chi connectivity index (χ0v) is 12.4. The van der Waals surface area contributed by atoms with Crippen LogP contribution in [0.5, 0.6) is 0 Å². The highest BCUT2D eigenvalue weighted by Crippen LogP contribution is 2.17. The van der Waals surface area contributed by atoms with E-state index in [0.29, 0.717) is 17.9 Å². The van der Waals surface area contributed by atoms with Crippen LogP contribution in [0.25, 0.3) is 0 Å². The number of nitrogens with zero attached hydrogens (tertiary/aromatic N) is 3. The van der Waals surface area contributed by atoms with E-state index in [-0.39, 0.29) is 0 Å². The molecular formula is C18H15N5. The molecule has 0 unspecified atom stereocenters. The first kappa shape index (κ1) is 14.5. The quantitative estimate of drug-likeness (QED) is 0.751. The first-order valence-electron chi connectivity index (χ1n) is 7.20. The van der Waals surface area contributed by atoms with Gasteiger partial charge in [-0.05, 0) is 29.8 Å². The van der Waals surface area contributed by atoms with Crippen molar-refractivity contribution in [1.82, 2.24) is 9.97 Å². The zero-order chi connectivity index (χ0) is 15.9. The molecule has 1 heterocycles. The lowest BCUT2D eigenvalue weighted by Gasteiger charge is -2.09. The number of benzene rings is 2. The summed E-state index contributed by atoms with van der Waals surface area (Å²) in [5, 5.41) is 15.3. The van der Waals surface area contributed by atoms with Crippen molar-refractivity contribution in [1.29, 1.82) is 5.26 Å². The maximum Gasteiger partial charge on any atom is 0.135 e. The first-order valence-corrected chi connectivity index (χ1v) is 7.20. The van der Waals surface area contributed by atoms with E-state index in [4.69, 9.17) is 5.26 Å². The van der Waals surface area contributed by atoms with Crippen molar-refractivity contribution >= 4 is 17.3 Å². The van der Waals surface area contributed by atoms with Crippen molar-refractivity contribution < 1.29 is 0 Å². The Labute approximate surface area is 134 Å². The number of anilines is 3. The van der Waals surface area contributed by atoms with E-state index in [9.17, 15) is 0 Å². The van der Waals surface area contributed by atoms with Gasteiger partial charge in [0, 0.05) is 18.3 Å². The van der Waals surface area contributed by atoms with Crippen LogP contribution in [-0.2, 0) is 6.54 Å². The first-order chi connectivity index (χ1) is 11.3. The van der Waals surface area contributed by atoms with Crippen LogP contribution >= 0.6 is 0 Å². The molecule has 0 aliphatic heterocycles. The number of nitrogens with one attached hydrogen (secondary N) is 2. The highest BCUT2D eigenvalue weighted by Gasteiger charge is 2.00. The van der Waals surface area contributed by atoms with Crippen LogP contribution in [0.15, 0.2) is 67.0 Å². The van der Waals surface area contributed by atoms with E-state index in [1.165, 1.54) is 11.9 Å². The molecule has 0 aliphatic rings. The van der Waals surface area contributed by atoms with Gasteiger partial charge in [0.1, 0.15) is 18.0 Å². The normalized spacial score (nSPS) is 9.87. The molecule has 0 saturated carbocycles. The van der Waals surface area contributed by atoms with E-state index < -0.39 is 0 Å². The van der Waals surface area contributed by atoms with Gasteiger partial charge in [-0.2, -0.15) is 5.26 Å². The topological polar surface area (TPSA) is 73.6 Å². The Morgan fingerprint density at radius 3 is 2.39 bits per heavy atom. The third-order valence-electron chi connectivity index (χ3n) is 3.27. The summed E-state index contributed by atoms with van der Waals surface area (Å²) in [4.78, 5) is 8.42. The molecule has 2 aromatic carbocycles. The molecule has 1 aromatic heterocycles. The molecule has 0 fully saturated rings. The third kappa shape index (κ3) is 4.05. The Balaban J connectivity index is 1.66.